The Morgan fingerprint density at radius 1 is 1.25 bits per heavy atom. The van der Waals surface area contributed by atoms with Gasteiger partial charge >= 0.3 is 0 Å². The van der Waals surface area contributed by atoms with E-state index in [0.29, 0.717) is 0 Å². The van der Waals surface area contributed by atoms with E-state index in [9.17, 15) is 8.78 Å². The van der Waals surface area contributed by atoms with Gasteiger partial charge in [0.15, 0.2) is 0 Å². The lowest BCUT2D eigenvalue weighted by molar-refractivity contribution is 0.434. The first kappa shape index (κ1) is 9.13. The van der Waals surface area contributed by atoms with Crippen molar-refractivity contribution in [1.29, 1.82) is 0 Å². The van der Waals surface area contributed by atoms with Crippen molar-refractivity contribution in [3.8, 4) is 0 Å². The van der Waals surface area contributed by atoms with Gasteiger partial charge in [0.05, 0.1) is 6.67 Å². The molecule has 1 aromatic carbocycles. The van der Waals surface area contributed by atoms with Gasteiger partial charge in [-0.3, -0.25) is 4.39 Å². The van der Waals surface area contributed by atoms with E-state index in [4.69, 9.17) is 5.73 Å². The zero-order valence-corrected chi connectivity index (χ0v) is 6.63. The molecule has 1 unspecified atom stereocenters. The second-order valence-corrected chi connectivity index (χ2v) is 2.64. The highest BCUT2D eigenvalue weighted by atomic mass is 19.1. The average molecular weight is 171 g/mol. The predicted octanol–water partition coefficient (Wildman–Crippen LogP) is 1.84. The normalized spacial score (nSPS) is 12.9. The Hall–Kier alpha value is -0.960. The molecular weight excluding hydrogens is 160 g/mol. The van der Waals surface area contributed by atoms with Gasteiger partial charge < -0.3 is 5.73 Å². The monoisotopic (exact) mass is 171 g/mol. The summed E-state index contributed by atoms with van der Waals surface area (Å²) in [4.78, 5) is 0. The fourth-order valence-corrected chi connectivity index (χ4v) is 1.02. The number of alkyl halides is 1. The third-order valence-electron chi connectivity index (χ3n) is 1.81. The van der Waals surface area contributed by atoms with Crippen molar-refractivity contribution in [2.24, 2.45) is 5.73 Å². The number of nitrogens with two attached hydrogens (primary N) is 1. The fourth-order valence-electron chi connectivity index (χ4n) is 1.02. The molecule has 66 valence electrons. The molecule has 0 aliphatic rings. The molecule has 12 heavy (non-hydrogen) atoms. The van der Waals surface area contributed by atoms with Crippen LogP contribution in [0.5, 0.6) is 0 Å². The summed E-state index contributed by atoms with van der Waals surface area (Å²) in [5, 5.41) is 0. The van der Waals surface area contributed by atoms with Crippen molar-refractivity contribution in [2.75, 3.05) is 13.2 Å². The SMILES string of the molecule is NCC(CF)c1ccc(F)cc1. The van der Waals surface area contributed by atoms with E-state index in [1.165, 1.54) is 12.1 Å². The molecule has 0 aliphatic carbocycles. The number of benzene rings is 1. The van der Waals surface area contributed by atoms with Gasteiger partial charge in [0.1, 0.15) is 5.82 Å². The molecule has 0 radical (unpaired) electrons. The molecule has 1 rings (SSSR count). The van der Waals surface area contributed by atoms with Gasteiger partial charge in [-0.15, -0.1) is 0 Å². The van der Waals surface area contributed by atoms with Crippen LogP contribution in [-0.2, 0) is 0 Å². The third-order valence-corrected chi connectivity index (χ3v) is 1.81. The molecule has 1 nitrogen and oxygen atoms in total. The minimum Gasteiger partial charge on any atom is -0.330 e. The lowest BCUT2D eigenvalue weighted by Crippen LogP contribution is -2.14. The van der Waals surface area contributed by atoms with Crippen molar-refractivity contribution in [3.63, 3.8) is 0 Å². The van der Waals surface area contributed by atoms with Gasteiger partial charge in [0, 0.05) is 12.5 Å². The van der Waals surface area contributed by atoms with Gasteiger partial charge in [0.25, 0.3) is 0 Å². The maximum atomic E-state index is 12.4. The summed E-state index contributed by atoms with van der Waals surface area (Å²) < 4.78 is 24.7. The second-order valence-electron chi connectivity index (χ2n) is 2.64. The van der Waals surface area contributed by atoms with E-state index in [1.807, 2.05) is 0 Å². The van der Waals surface area contributed by atoms with Crippen molar-refractivity contribution in [1.82, 2.24) is 0 Å². The van der Waals surface area contributed by atoms with Crippen LogP contribution in [0.25, 0.3) is 0 Å². The largest absolute Gasteiger partial charge is 0.330 e. The van der Waals surface area contributed by atoms with Gasteiger partial charge in [-0.2, -0.15) is 0 Å². The van der Waals surface area contributed by atoms with Crippen LogP contribution in [0.4, 0.5) is 8.78 Å². The van der Waals surface area contributed by atoms with Crippen LogP contribution in [-0.4, -0.2) is 13.2 Å². The summed E-state index contributed by atoms with van der Waals surface area (Å²) in [6, 6.07) is 5.75. The highest BCUT2D eigenvalue weighted by Gasteiger charge is 2.08. The first-order valence-corrected chi connectivity index (χ1v) is 3.79. The molecule has 1 atom stereocenters. The lowest BCUT2D eigenvalue weighted by atomic mass is 10.0. The van der Waals surface area contributed by atoms with Crippen LogP contribution in [0.1, 0.15) is 11.5 Å². The topological polar surface area (TPSA) is 26.0 Å². The quantitative estimate of drug-likeness (QED) is 0.737. The van der Waals surface area contributed by atoms with Crippen LogP contribution in [0.3, 0.4) is 0 Å². The highest BCUT2D eigenvalue weighted by Crippen LogP contribution is 2.15. The minimum absolute atomic E-state index is 0.252. The Labute approximate surface area is 70.2 Å². The van der Waals surface area contributed by atoms with Crippen molar-refractivity contribution in [2.45, 2.75) is 5.92 Å². The van der Waals surface area contributed by atoms with E-state index in [-0.39, 0.29) is 18.3 Å². The van der Waals surface area contributed by atoms with E-state index >= 15 is 0 Å². The smallest absolute Gasteiger partial charge is 0.123 e. The van der Waals surface area contributed by atoms with E-state index < -0.39 is 6.67 Å². The molecule has 0 saturated carbocycles. The lowest BCUT2D eigenvalue weighted by Gasteiger charge is -2.09. The number of rotatable bonds is 3. The van der Waals surface area contributed by atoms with E-state index in [1.54, 1.807) is 12.1 Å². The molecular formula is C9H11F2N. The molecule has 0 amide bonds. The Morgan fingerprint density at radius 3 is 2.25 bits per heavy atom. The second kappa shape index (κ2) is 4.16. The maximum Gasteiger partial charge on any atom is 0.123 e. The summed E-state index contributed by atoms with van der Waals surface area (Å²) in [6.07, 6.45) is 0. The highest BCUT2D eigenvalue weighted by molar-refractivity contribution is 5.20. The molecule has 1 aromatic rings. The third kappa shape index (κ3) is 2.01. The Morgan fingerprint density at radius 2 is 1.83 bits per heavy atom. The molecule has 0 aromatic heterocycles. The van der Waals surface area contributed by atoms with Gasteiger partial charge in [-0.05, 0) is 17.7 Å². The zero-order chi connectivity index (χ0) is 8.97. The summed E-state index contributed by atoms with van der Waals surface area (Å²) in [5.74, 6) is -0.612. The average Bonchev–Trinajstić information content (AvgIpc) is 2.10. The van der Waals surface area contributed by atoms with E-state index in [0.717, 1.165) is 5.56 Å². The molecule has 2 N–H and O–H groups in total. The van der Waals surface area contributed by atoms with Crippen molar-refractivity contribution >= 4 is 0 Å². The molecule has 0 fully saturated rings. The Bertz CT molecular complexity index is 229. The minimum atomic E-state index is -0.498. The molecule has 0 saturated heterocycles. The number of hydrogen-bond acceptors (Lipinski definition) is 1. The fraction of sp³-hybridized carbons (Fsp3) is 0.333. The molecule has 3 heteroatoms. The van der Waals surface area contributed by atoms with Crippen LogP contribution < -0.4 is 5.73 Å². The number of hydrogen-bond donors (Lipinski definition) is 1. The summed E-state index contributed by atoms with van der Waals surface area (Å²) in [7, 11) is 0. The Kier molecular flexibility index (Phi) is 3.17. The summed E-state index contributed by atoms with van der Waals surface area (Å²) in [6.45, 7) is -0.246. The van der Waals surface area contributed by atoms with Crippen LogP contribution in [0.15, 0.2) is 24.3 Å². The van der Waals surface area contributed by atoms with Crippen LogP contribution in [0, 0.1) is 5.82 Å². The molecule has 0 bridgehead atoms. The standard InChI is InChI=1S/C9H11F2N/c10-5-8(6-12)7-1-3-9(11)4-2-7/h1-4,8H,5-6,12H2. The zero-order valence-electron chi connectivity index (χ0n) is 6.63. The van der Waals surface area contributed by atoms with Gasteiger partial charge in [-0.1, -0.05) is 12.1 Å². The first-order valence-electron chi connectivity index (χ1n) is 3.79. The maximum absolute atomic E-state index is 12.4. The van der Waals surface area contributed by atoms with Crippen LogP contribution in [0.2, 0.25) is 0 Å². The molecule has 0 aliphatic heterocycles. The number of halogens is 2. The summed E-state index contributed by atoms with van der Waals surface area (Å²) in [5.41, 5.74) is 6.07. The van der Waals surface area contributed by atoms with Gasteiger partial charge in [-0.25, -0.2) is 4.39 Å². The molecule has 0 spiro atoms. The van der Waals surface area contributed by atoms with Crippen molar-refractivity contribution < 1.29 is 8.78 Å². The van der Waals surface area contributed by atoms with Crippen molar-refractivity contribution in [3.05, 3.63) is 35.6 Å². The Balaban J connectivity index is 2.80. The first-order chi connectivity index (χ1) is 5.77. The van der Waals surface area contributed by atoms with E-state index in [2.05, 4.69) is 0 Å². The van der Waals surface area contributed by atoms with Crippen LogP contribution >= 0.6 is 0 Å². The summed E-state index contributed by atoms with van der Waals surface area (Å²) >= 11 is 0. The molecule has 0 heterocycles. The van der Waals surface area contributed by atoms with Gasteiger partial charge in [0.2, 0.25) is 0 Å². The predicted molar refractivity (Wildman–Crippen MR) is 44.2 cm³/mol.